The lowest BCUT2D eigenvalue weighted by atomic mass is 9.85. The minimum atomic E-state index is 0.753. The van der Waals surface area contributed by atoms with E-state index in [1.807, 2.05) is 0 Å². The van der Waals surface area contributed by atoms with Crippen LogP contribution < -0.4 is 11.1 Å². The quantitative estimate of drug-likeness (QED) is 0.637. The molecule has 0 saturated heterocycles. The van der Waals surface area contributed by atoms with Crippen LogP contribution in [0.25, 0.3) is 0 Å². The molecule has 2 heteroatoms. The van der Waals surface area contributed by atoms with Gasteiger partial charge in [0.25, 0.3) is 0 Å². The van der Waals surface area contributed by atoms with E-state index in [0.717, 1.165) is 49.7 Å². The normalized spacial score (nSPS) is 14.1. The van der Waals surface area contributed by atoms with Gasteiger partial charge in [0.05, 0.1) is 0 Å². The van der Waals surface area contributed by atoms with Crippen molar-refractivity contribution in [2.24, 2.45) is 29.4 Å². The lowest BCUT2D eigenvalue weighted by Crippen LogP contribution is -2.32. The van der Waals surface area contributed by atoms with E-state index in [0.29, 0.717) is 0 Å². The summed E-state index contributed by atoms with van der Waals surface area (Å²) in [6, 6.07) is 0. The van der Waals surface area contributed by atoms with Crippen molar-refractivity contribution in [1.29, 1.82) is 0 Å². The van der Waals surface area contributed by atoms with E-state index in [-0.39, 0.29) is 0 Å². The number of rotatable bonds is 9. The summed E-state index contributed by atoms with van der Waals surface area (Å²) in [5.74, 6) is 3.09. The summed E-state index contributed by atoms with van der Waals surface area (Å²) in [5, 5.41) is 3.62. The van der Waals surface area contributed by atoms with E-state index >= 15 is 0 Å². The van der Waals surface area contributed by atoms with Crippen molar-refractivity contribution < 1.29 is 0 Å². The molecule has 0 aromatic rings. The molecular weight excluding hydrogens is 196 g/mol. The molecule has 0 aliphatic rings. The van der Waals surface area contributed by atoms with Gasteiger partial charge in [0.1, 0.15) is 0 Å². The van der Waals surface area contributed by atoms with Gasteiger partial charge < -0.3 is 11.1 Å². The summed E-state index contributed by atoms with van der Waals surface area (Å²) in [5.41, 5.74) is 5.51. The monoisotopic (exact) mass is 228 g/mol. The molecule has 2 nitrogen and oxygen atoms in total. The summed E-state index contributed by atoms with van der Waals surface area (Å²) in [6.07, 6.45) is 2.40. The molecule has 0 aromatic heterocycles. The van der Waals surface area contributed by atoms with Gasteiger partial charge in [0.15, 0.2) is 0 Å². The third-order valence-corrected chi connectivity index (χ3v) is 3.49. The molecule has 16 heavy (non-hydrogen) atoms. The van der Waals surface area contributed by atoms with E-state index in [1.165, 1.54) is 6.42 Å². The Morgan fingerprint density at radius 3 is 1.94 bits per heavy atom. The van der Waals surface area contributed by atoms with E-state index in [9.17, 15) is 0 Å². The maximum atomic E-state index is 5.51. The van der Waals surface area contributed by atoms with Gasteiger partial charge in [-0.05, 0) is 56.1 Å². The average molecular weight is 228 g/mol. The molecule has 1 atom stereocenters. The Morgan fingerprint density at radius 1 is 0.938 bits per heavy atom. The molecule has 1 unspecified atom stereocenters. The second-order valence-corrected chi connectivity index (χ2v) is 5.85. The maximum Gasteiger partial charge on any atom is -0.00155 e. The first-order valence-corrected chi connectivity index (χ1v) is 6.89. The van der Waals surface area contributed by atoms with Crippen molar-refractivity contribution in [2.75, 3.05) is 19.6 Å². The summed E-state index contributed by atoms with van der Waals surface area (Å²) in [6.45, 7) is 14.7. The molecule has 3 N–H and O–H groups in total. The van der Waals surface area contributed by atoms with Gasteiger partial charge in [-0.15, -0.1) is 0 Å². The number of hydrogen-bond acceptors (Lipinski definition) is 2. The van der Waals surface area contributed by atoms with Crippen molar-refractivity contribution in [3.63, 3.8) is 0 Å². The molecule has 0 radical (unpaired) electrons. The highest BCUT2D eigenvalue weighted by Crippen LogP contribution is 2.19. The van der Waals surface area contributed by atoms with Crippen molar-refractivity contribution >= 4 is 0 Å². The Kier molecular flexibility index (Phi) is 8.96. The van der Waals surface area contributed by atoms with Crippen LogP contribution >= 0.6 is 0 Å². The van der Waals surface area contributed by atoms with Gasteiger partial charge in [-0.3, -0.25) is 0 Å². The van der Waals surface area contributed by atoms with Gasteiger partial charge in [-0.2, -0.15) is 0 Å². The van der Waals surface area contributed by atoms with Crippen molar-refractivity contribution in [2.45, 2.75) is 47.5 Å². The highest BCUT2D eigenvalue weighted by molar-refractivity contribution is 4.70. The zero-order valence-corrected chi connectivity index (χ0v) is 11.9. The van der Waals surface area contributed by atoms with Gasteiger partial charge in [-0.1, -0.05) is 34.6 Å². The van der Waals surface area contributed by atoms with Gasteiger partial charge in [0, 0.05) is 0 Å². The van der Waals surface area contributed by atoms with Crippen molar-refractivity contribution in [1.82, 2.24) is 5.32 Å². The zero-order valence-electron chi connectivity index (χ0n) is 11.9. The van der Waals surface area contributed by atoms with Crippen LogP contribution in [0.3, 0.4) is 0 Å². The first kappa shape index (κ1) is 15.9. The molecular formula is C14H32N2. The van der Waals surface area contributed by atoms with Crippen molar-refractivity contribution in [3.8, 4) is 0 Å². The maximum absolute atomic E-state index is 5.51. The van der Waals surface area contributed by atoms with E-state index < -0.39 is 0 Å². The summed E-state index contributed by atoms with van der Waals surface area (Å²) >= 11 is 0. The molecule has 98 valence electrons. The van der Waals surface area contributed by atoms with Crippen LogP contribution in [0.2, 0.25) is 0 Å². The highest BCUT2D eigenvalue weighted by atomic mass is 14.9. The smallest absolute Gasteiger partial charge is 0.00155 e. The van der Waals surface area contributed by atoms with E-state index in [2.05, 4.69) is 39.9 Å². The Balaban J connectivity index is 3.69. The van der Waals surface area contributed by atoms with Crippen LogP contribution in [-0.4, -0.2) is 19.6 Å². The number of hydrogen-bond donors (Lipinski definition) is 2. The molecule has 0 fully saturated rings. The predicted octanol–water partition coefficient (Wildman–Crippen LogP) is 2.88. The van der Waals surface area contributed by atoms with Gasteiger partial charge in [0.2, 0.25) is 0 Å². The van der Waals surface area contributed by atoms with Gasteiger partial charge in [-0.25, -0.2) is 0 Å². The second-order valence-electron chi connectivity index (χ2n) is 5.85. The Morgan fingerprint density at radius 2 is 1.50 bits per heavy atom. The lowest BCUT2D eigenvalue weighted by molar-refractivity contribution is 0.270. The van der Waals surface area contributed by atoms with Crippen LogP contribution in [0.5, 0.6) is 0 Å². The fourth-order valence-corrected chi connectivity index (χ4v) is 2.31. The van der Waals surface area contributed by atoms with Crippen molar-refractivity contribution in [3.05, 3.63) is 0 Å². The van der Waals surface area contributed by atoms with Crippen LogP contribution in [0.4, 0.5) is 0 Å². The standard InChI is InChI=1S/C14H32N2/c1-11(2)14(12(3)4)10-16-9-13(5)7-6-8-15/h11-14,16H,6-10,15H2,1-5H3. The second kappa shape index (κ2) is 9.00. The fourth-order valence-electron chi connectivity index (χ4n) is 2.31. The molecule has 0 aromatic carbocycles. The Bertz CT molecular complexity index is 147. The molecule has 0 saturated carbocycles. The third-order valence-electron chi connectivity index (χ3n) is 3.49. The molecule has 0 aliphatic carbocycles. The first-order chi connectivity index (χ1) is 7.49. The highest BCUT2D eigenvalue weighted by Gasteiger charge is 2.16. The first-order valence-electron chi connectivity index (χ1n) is 6.89. The third kappa shape index (κ3) is 7.24. The van der Waals surface area contributed by atoms with Crippen LogP contribution in [0.15, 0.2) is 0 Å². The summed E-state index contributed by atoms with van der Waals surface area (Å²) in [7, 11) is 0. The molecule has 0 heterocycles. The average Bonchev–Trinajstić information content (AvgIpc) is 2.20. The fraction of sp³-hybridized carbons (Fsp3) is 1.00. The van der Waals surface area contributed by atoms with E-state index in [4.69, 9.17) is 5.73 Å². The number of nitrogens with two attached hydrogens (primary N) is 1. The predicted molar refractivity (Wildman–Crippen MR) is 73.5 cm³/mol. The molecule has 0 spiro atoms. The molecule has 0 bridgehead atoms. The summed E-state index contributed by atoms with van der Waals surface area (Å²) < 4.78 is 0. The number of nitrogens with one attached hydrogen (secondary N) is 1. The summed E-state index contributed by atoms with van der Waals surface area (Å²) in [4.78, 5) is 0. The zero-order chi connectivity index (χ0) is 12.6. The van der Waals surface area contributed by atoms with Gasteiger partial charge >= 0.3 is 0 Å². The van der Waals surface area contributed by atoms with Crippen LogP contribution in [0.1, 0.15) is 47.5 Å². The minimum absolute atomic E-state index is 0.753. The topological polar surface area (TPSA) is 38.0 Å². The molecule has 0 rings (SSSR count). The Labute approximate surface area is 102 Å². The SMILES string of the molecule is CC(CCCN)CNCC(C(C)C)C(C)C. The minimum Gasteiger partial charge on any atom is -0.330 e. The Hall–Kier alpha value is -0.0800. The van der Waals surface area contributed by atoms with E-state index in [1.54, 1.807) is 0 Å². The molecule has 0 amide bonds. The molecule has 0 aliphatic heterocycles. The largest absolute Gasteiger partial charge is 0.330 e. The van der Waals surface area contributed by atoms with Crippen LogP contribution in [0, 0.1) is 23.7 Å². The lowest BCUT2D eigenvalue weighted by Gasteiger charge is -2.26. The van der Waals surface area contributed by atoms with Crippen LogP contribution in [-0.2, 0) is 0 Å².